The molecule has 1 aromatic carbocycles. The zero-order valence-corrected chi connectivity index (χ0v) is 14.9. The maximum Gasteiger partial charge on any atom is 0.286 e. The Morgan fingerprint density at radius 1 is 1.21 bits per heavy atom. The molecule has 1 fully saturated rings. The molecular weight excluding hydrogens is 320 g/mol. The second kappa shape index (κ2) is 7.21. The molecule has 0 aliphatic heterocycles. The maximum absolute atomic E-state index is 12.2. The Morgan fingerprint density at radius 2 is 2.00 bits per heavy atom. The van der Waals surface area contributed by atoms with Gasteiger partial charge in [0.15, 0.2) is 5.11 Å². The summed E-state index contributed by atoms with van der Waals surface area (Å²) in [6, 6.07) is 9.98. The molecule has 1 aromatic heterocycles. The molecule has 1 aliphatic carbocycles. The number of fused-ring (bicyclic) bond motifs is 1. The van der Waals surface area contributed by atoms with Gasteiger partial charge < -0.3 is 10.3 Å². The number of aromatic nitrogens is 1. The number of aromatic amines is 1. The van der Waals surface area contributed by atoms with Crippen LogP contribution in [0.3, 0.4) is 0 Å². The van der Waals surface area contributed by atoms with E-state index in [2.05, 4.69) is 35.0 Å². The number of hydrogen-bond donors (Lipinski definition) is 4. The van der Waals surface area contributed by atoms with Crippen molar-refractivity contribution in [3.05, 3.63) is 36.0 Å². The molecule has 4 N–H and O–H groups in total. The van der Waals surface area contributed by atoms with Crippen molar-refractivity contribution in [2.45, 2.75) is 39.2 Å². The smallest absolute Gasteiger partial charge is 0.286 e. The van der Waals surface area contributed by atoms with E-state index >= 15 is 0 Å². The lowest BCUT2D eigenvalue weighted by molar-refractivity contribution is 0.0939. The minimum Gasteiger partial charge on any atom is -0.358 e. The molecule has 1 aliphatic rings. The van der Waals surface area contributed by atoms with Crippen LogP contribution in [0, 0.1) is 11.8 Å². The summed E-state index contributed by atoms with van der Waals surface area (Å²) in [7, 11) is 0. The van der Waals surface area contributed by atoms with Crippen LogP contribution >= 0.6 is 12.2 Å². The van der Waals surface area contributed by atoms with Crippen LogP contribution in [0.4, 0.5) is 0 Å². The summed E-state index contributed by atoms with van der Waals surface area (Å²) < 4.78 is 0. The molecule has 0 bridgehead atoms. The van der Waals surface area contributed by atoms with Crippen molar-refractivity contribution < 1.29 is 4.79 Å². The summed E-state index contributed by atoms with van der Waals surface area (Å²) in [4.78, 5) is 15.3. The van der Waals surface area contributed by atoms with Gasteiger partial charge >= 0.3 is 0 Å². The molecule has 0 radical (unpaired) electrons. The van der Waals surface area contributed by atoms with Gasteiger partial charge in [0, 0.05) is 16.9 Å². The average Bonchev–Trinajstić information content (AvgIpc) is 3.01. The van der Waals surface area contributed by atoms with E-state index in [0.29, 0.717) is 28.7 Å². The molecule has 0 spiro atoms. The summed E-state index contributed by atoms with van der Waals surface area (Å²) in [6.07, 6.45) is 3.60. The Labute approximate surface area is 147 Å². The van der Waals surface area contributed by atoms with E-state index in [0.717, 1.165) is 17.3 Å². The Balaban J connectivity index is 1.53. The number of carbonyl (C=O) groups excluding carboxylic acids is 1. The Kier molecular flexibility index (Phi) is 5.04. The molecular formula is C18H24N4OS. The first-order chi connectivity index (χ1) is 11.5. The standard InChI is InChI=1S/C18H24N4OS/c1-11-6-5-9-14(12(11)2)20-18(24)22-21-17(23)16-10-13-7-3-4-8-15(13)19-16/h3-4,7-8,10-12,14,19H,5-6,9H2,1-2H3,(H,21,23)(H2,20,22,24)/t11-,12+,14+/m0/s1. The fraction of sp³-hybridized carbons (Fsp3) is 0.444. The summed E-state index contributed by atoms with van der Waals surface area (Å²) in [6.45, 7) is 4.54. The van der Waals surface area contributed by atoms with Crippen LogP contribution in [-0.2, 0) is 0 Å². The predicted molar refractivity (Wildman–Crippen MR) is 101 cm³/mol. The zero-order chi connectivity index (χ0) is 17.1. The summed E-state index contributed by atoms with van der Waals surface area (Å²) >= 11 is 5.31. The van der Waals surface area contributed by atoms with Crippen molar-refractivity contribution in [3.63, 3.8) is 0 Å². The van der Waals surface area contributed by atoms with Crippen molar-refractivity contribution >= 4 is 34.1 Å². The maximum atomic E-state index is 12.2. The molecule has 24 heavy (non-hydrogen) atoms. The van der Waals surface area contributed by atoms with Gasteiger partial charge in [0.2, 0.25) is 0 Å². The quantitative estimate of drug-likeness (QED) is 0.499. The second-order valence-corrected chi connectivity index (χ2v) is 7.10. The molecule has 3 rings (SSSR count). The molecule has 1 saturated carbocycles. The molecule has 1 heterocycles. The number of benzene rings is 1. The van der Waals surface area contributed by atoms with Crippen LogP contribution in [0.2, 0.25) is 0 Å². The van der Waals surface area contributed by atoms with Gasteiger partial charge in [-0.2, -0.15) is 0 Å². The third-order valence-electron chi connectivity index (χ3n) is 5.09. The lowest BCUT2D eigenvalue weighted by atomic mass is 9.78. The van der Waals surface area contributed by atoms with Crippen molar-refractivity contribution in [2.75, 3.05) is 0 Å². The molecule has 2 aromatic rings. The monoisotopic (exact) mass is 344 g/mol. The first-order valence-corrected chi connectivity index (χ1v) is 8.90. The number of H-pyrrole nitrogens is 1. The predicted octanol–water partition coefficient (Wildman–Crippen LogP) is 3.10. The highest BCUT2D eigenvalue weighted by Gasteiger charge is 2.27. The van der Waals surface area contributed by atoms with E-state index in [1.807, 2.05) is 30.3 Å². The van der Waals surface area contributed by atoms with Gasteiger partial charge in [-0.15, -0.1) is 0 Å². The first kappa shape index (κ1) is 16.8. The number of carbonyl (C=O) groups is 1. The Bertz CT molecular complexity index is 708. The highest BCUT2D eigenvalue weighted by Crippen LogP contribution is 2.29. The van der Waals surface area contributed by atoms with Gasteiger partial charge in [-0.25, -0.2) is 0 Å². The number of hydrazine groups is 1. The molecule has 3 atom stereocenters. The number of para-hydroxylation sites is 1. The van der Waals surface area contributed by atoms with Gasteiger partial charge in [-0.05, 0) is 42.6 Å². The van der Waals surface area contributed by atoms with Crippen molar-refractivity contribution in [1.82, 2.24) is 21.2 Å². The Morgan fingerprint density at radius 3 is 2.79 bits per heavy atom. The minimum atomic E-state index is -0.236. The molecule has 0 unspecified atom stereocenters. The largest absolute Gasteiger partial charge is 0.358 e. The molecule has 6 heteroatoms. The van der Waals surface area contributed by atoms with Crippen molar-refractivity contribution in [1.29, 1.82) is 0 Å². The highest BCUT2D eigenvalue weighted by molar-refractivity contribution is 7.80. The first-order valence-electron chi connectivity index (χ1n) is 8.49. The third kappa shape index (κ3) is 3.70. The van der Waals surface area contributed by atoms with Crippen molar-refractivity contribution in [3.8, 4) is 0 Å². The molecule has 0 saturated heterocycles. The van der Waals surface area contributed by atoms with Crippen LogP contribution in [0.1, 0.15) is 43.6 Å². The lowest BCUT2D eigenvalue weighted by Gasteiger charge is -2.35. The van der Waals surface area contributed by atoms with Gasteiger partial charge in [-0.1, -0.05) is 44.9 Å². The molecule has 128 valence electrons. The third-order valence-corrected chi connectivity index (χ3v) is 5.31. The Hall–Kier alpha value is -2.08. The van der Waals surface area contributed by atoms with Gasteiger partial charge in [-0.3, -0.25) is 15.6 Å². The van der Waals surface area contributed by atoms with Gasteiger partial charge in [0.25, 0.3) is 5.91 Å². The van der Waals surface area contributed by atoms with E-state index in [1.54, 1.807) is 0 Å². The fourth-order valence-corrected chi connectivity index (χ4v) is 3.57. The van der Waals surface area contributed by atoms with Crippen LogP contribution in [0.25, 0.3) is 10.9 Å². The van der Waals surface area contributed by atoms with E-state index in [4.69, 9.17) is 12.2 Å². The number of amides is 1. The van der Waals surface area contributed by atoms with Crippen LogP contribution in [-0.4, -0.2) is 22.0 Å². The fourth-order valence-electron chi connectivity index (χ4n) is 3.37. The van der Waals surface area contributed by atoms with E-state index in [9.17, 15) is 4.79 Å². The van der Waals surface area contributed by atoms with Gasteiger partial charge in [0.05, 0.1) is 0 Å². The SMILES string of the molecule is C[C@@H]1[C@@H](C)CCC[C@H]1NC(=S)NNC(=O)c1cc2ccccc2[nH]1. The highest BCUT2D eigenvalue weighted by atomic mass is 32.1. The van der Waals surface area contributed by atoms with Crippen LogP contribution < -0.4 is 16.2 Å². The zero-order valence-electron chi connectivity index (χ0n) is 14.1. The molecule has 5 nitrogen and oxygen atoms in total. The van der Waals surface area contributed by atoms with Crippen molar-refractivity contribution in [2.24, 2.45) is 11.8 Å². The van der Waals surface area contributed by atoms with Crippen LogP contribution in [0.15, 0.2) is 30.3 Å². The summed E-state index contributed by atoms with van der Waals surface area (Å²) in [5.74, 6) is 1.03. The second-order valence-electron chi connectivity index (χ2n) is 6.70. The normalized spacial score (nSPS) is 23.7. The lowest BCUT2D eigenvalue weighted by Crippen LogP contribution is -2.52. The summed E-state index contributed by atoms with van der Waals surface area (Å²) in [5, 5.41) is 4.80. The number of hydrogen-bond acceptors (Lipinski definition) is 2. The number of rotatable bonds is 2. The van der Waals surface area contributed by atoms with E-state index in [1.165, 1.54) is 12.8 Å². The van der Waals surface area contributed by atoms with Crippen LogP contribution in [0.5, 0.6) is 0 Å². The average molecular weight is 344 g/mol. The molecule has 1 amide bonds. The number of thiocarbonyl (C=S) groups is 1. The van der Waals surface area contributed by atoms with Gasteiger partial charge in [0.1, 0.15) is 5.69 Å². The van der Waals surface area contributed by atoms with E-state index < -0.39 is 0 Å². The van der Waals surface area contributed by atoms with E-state index in [-0.39, 0.29) is 5.91 Å². The topological polar surface area (TPSA) is 68.9 Å². The summed E-state index contributed by atoms with van der Waals surface area (Å²) in [5.41, 5.74) is 6.90. The minimum absolute atomic E-state index is 0.236. The number of nitrogens with one attached hydrogen (secondary N) is 4.